The minimum absolute atomic E-state index is 0.0180. The van der Waals surface area contributed by atoms with Crippen molar-refractivity contribution in [1.82, 2.24) is 5.32 Å². The molecular formula is C21H25NO3. The molecule has 132 valence electrons. The van der Waals surface area contributed by atoms with Crippen molar-refractivity contribution < 1.29 is 14.3 Å². The molecule has 1 saturated carbocycles. The zero-order chi connectivity index (χ0) is 17.5. The molecule has 1 aliphatic rings. The number of methoxy groups -OCH3 is 1. The number of nitrogens with one attached hydrogen (secondary N) is 1. The molecule has 0 spiro atoms. The fraction of sp³-hybridized carbons (Fsp3) is 0.381. The summed E-state index contributed by atoms with van der Waals surface area (Å²) in [5.41, 5.74) is 1.51. The predicted octanol–water partition coefficient (Wildman–Crippen LogP) is 4.34. The molecule has 1 fully saturated rings. The molecular weight excluding hydrogens is 314 g/mol. The number of benzene rings is 2. The highest BCUT2D eigenvalue weighted by Gasteiger charge is 2.17. The first-order valence-corrected chi connectivity index (χ1v) is 8.92. The van der Waals surface area contributed by atoms with Gasteiger partial charge in [0.2, 0.25) is 0 Å². The van der Waals surface area contributed by atoms with Crippen LogP contribution in [0.5, 0.6) is 11.5 Å². The third-order valence-corrected chi connectivity index (χ3v) is 4.62. The molecule has 0 heterocycles. The van der Waals surface area contributed by atoms with E-state index >= 15 is 0 Å². The van der Waals surface area contributed by atoms with E-state index in [0.717, 1.165) is 29.9 Å². The van der Waals surface area contributed by atoms with Crippen molar-refractivity contribution in [2.24, 2.45) is 0 Å². The van der Waals surface area contributed by atoms with Gasteiger partial charge in [-0.25, -0.2) is 0 Å². The summed E-state index contributed by atoms with van der Waals surface area (Å²) in [7, 11) is 1.63. The topological polar surface area (TPSA) is 47.6 Å². The van der Waals surface area contributed by atoms with Crippen molar-refractivity contribution >= 4 is 5.91 Å². The maximum atomic E-state index is 12.5. The smallest absolute Gasteiger partial charge is 0.251 e. The van der Waals surface area contributed by atoms with Crippen LogP contribution >= 0.6 is 0 Å². The van der Waals surface area contributed by atoms with E-state index in [9.17, 15) is 4.79 Å². The summed E-state index contributed by atoms with van der Waals surface area (Å²) >= 11 is 0. The molecule has 3 rings (SSSR count). The van der Waals surface area contributed by atoms with Gasteiger partial charge < -0.3 is 14.8 Å². The van der Waals surface area contributed by atoms with E-state index in [4.69, 9.17) is 9.47 Å². The molecule has 4 nitrogen and oxygen atoms in total. The summed E-state index contributed by atoms with van der Waals surface area (Å²) in [6.07, 6.45) is 5.82. The summed E-state index contributed by atoms with van der Waals surface area (Å²) in [6.45, 7) is 0.359. The fourth-order valence-electron chi connectivity index (χ4n) is 3.23. The molecule has 2 aromatic carbocycles. The first-order chi connectivity index (χ1) is 12.3. The molecule has 1 amide bonds. The van der Waals surface area contributed by atoms with Crippen LogP contribution in [0.1, 0.15) is 48.0 Å². The van der Waals surface area contributed by atoms with Crippen molar-refractivity contribution in [3.05, 3.63) is 59.7 Å². The molecule has 0 aromatic heterocycles. The van der Waals surface area contributed by atoms with E-state index < -0.39 is 0 Å². The van der Waals surface area contributed by atoms with Crippen LogP contribution in [0, 0.1) is 0 Å². The highest BCUT2D eigenvalue weighted by Crippen LogP contribution is 2.23. The van der Waals surface area contributed by atoms with Crippen LogP contribution in [-0.2, 0) is 6.61 Å². The standard InChI is InChI=1S/C21H25NO3/c1-24-20-13-12-16(21(23)22-18-8-4-2-5-9-18)14-17(20)15-25-19-10-6-3-7-11-19/h3,6-7,10-14,18H,2,4-5,8-9,15H2,1H3,(H,22,23). The van der Waals surface area contributed by atoms with E-state index in [-0.39, 0.29) is 5.91 Å². The van der Waals surface area contributed by atoms with Crippen molar-refractivity contribution in [2.75, 3.05) is 7.11 Å². The van der Waals surface area contributed by atoms with Gasteiger partial charge in [0.05, 0.1) is 7.11 Å². The zero-order valence-electron chi connectivity index (χ0n) is 14.7. The summed E-state index contributed by atoms with van der Waals surface area (Å²) < 4.78 is 11.2. The number of rotatable bonds is 6. The Bertz CT molecular complexity index is 694. The number of amides is 1. The van der Waals surface area contributed by atoms with E-state index in [0.29, 0.717) is 18.2 Å². The summed E-state index contributed by atoms with van der Waals surface area (Å²) in [4.78, 5) is 12.5. The third kappa shape index (κ3) is 4.75. The van der Waals surface area contributed by atoms with Gasteiger partial charge in [0, 0.05) is 17.2 Å². The zero-order valence-corrected chi connectivity index (χ0v) is 14.7. The second-order valence-electron chi connectivity index (χ2n) is 6.44. The van der Waals surface area contributed by atoms with Crippen LogP contribution in [-0.4, -0.2) is 19.1 Å². The number of ether oxygens (including phenoxy) is 2. The monoisotopic (exact) mass is 339 g/mol. The first kappa shape index (κ1) is 17.3. The maximum Gasteiger partial charge on any atom is 0.251 e. The van der Waals surface area contributed by atoms with Gasteiger partial charge in [-0.1, -0.05) is 37.5 Å². The van der Waals surface area contributed by atoms with Gasteiger partial charge in [-0.05, 0) is 43.2 Å². The van der Waals surface area contributed by atoms with Gasteiger partial charge in [-0.15, -0.1) is 0 Å². The Balaban J connectivity index is 1.69. The molecule has 25 heavy (non-hydrogen) atoms. The SMILES string of the molecule is COc1ccc(C(=O)NC2CCCCC2)cc1COc1ccccc1. The summed E-state index contributed by atoms with van der Waals surface area (Å²) in [6, 6.07) is 15.4. The van der Waals surface area contributed by atoms with E-state index in [1.165, 1.54) is 19.3 Å². The quantitative estimate of drug-likeness (QED) is 0.852. The van der Waals surface area contributed by atoms with Crippen LogP contribution in [0.15, 0.2) is 48.5 Å². The lowest BCUT2D eigenvalue weighted by Gasteiger charge is -2.23. The fourth-order valence-corrected chi connectivity index (χ4v) is 3.23. The Labute approximate surface area is 149 Å². The van der Waals surface area contributed by atoms with Crippen molar-refractivity contribution in [3.8, 4) is 11.5 Å². The normalized spacial score (nSPS) is 14.8. The van der Waals surface area contributed by atoms with Gasteiger partial charge in [-0.2, -0.15) is 0 Å². The largest absolute Gasteiger partial charge is 0.496 e. The lowest BCUT2D eigenvalue weighted by atomic mass is 9.95. The lowest BCUT2D eigenvalue weighted by Crippen LogP contribution is -2.36. The van der Waals surface area contributed by atoms with Crippen LogP contribution < -0.4 is 14.8 Å². The second kappa shape index (κ2) is 8.56. The Hall–Kier alpha value is -2.49. The molecule has 0 atom stereocenters. The molecule has 4 heteroatoms. The predicted molar refractivity (Wildman–Crippen MR) is 98.1 cm³/mol. The Kier molecular flexibility index (Phi) is 5.94. The number of hydrogen-bond acceptors (Lipinski definition) is 3. The van der Waals surface area contributed by atoms with Crippen molar-refractivity contribution in [3.63, 3.8) is 0 Å². The highest BCUT2D eigenvalue weighted by atomic mass is 16.5. The van der Waals surface area contributed by atoms with E-state index in [2.05, 4.69) is 5.32 Å². The third-order valence-electron chi connectivity index (χ3n) is 4.62. The Morgan fingerprint density at radius 2 is 1.84 bits per heavy atom. The van der Waals surface area contributed by atoms with E-state index in [1.807, 2.05) is 48.5 Å². The number of hydrogen-bond donors (Lipinski definition) is 1. The Morgan fingerprint density at radius 1 is 1.08 bits per heavy atom. The molecule has 1 N–H and O–H groups in total. The maximum absolute atomic E-state index is 12.5. The number of carbonyl (C=O) groups excluding carboxylic acids is 1. The van der Waals surface area contributed by atoms with Crippen molar-refractivity contribution in [2.45, 2.75) is 44.8 Å². The minimum Gasteiger partial charge on any atom is -0.496 e. The van der Waals surface area contributed by atoms with Gasteiger partial charge in [0.25, 0.3) is 5.91 Å². The lowest BCUT2D eigenvalue weighted by molar-refractivity contribution is 0.0927. The number of carbonyl (C=O) groups is 1. The molecule has 0 bridgehead atoms. The van der Waals surface area contributed by atoms with Crippen LogP contribution in [0.4, 0.5) is 0 Å². The van der Waals surface area contributed by atoms with Gasteiger partial charge in [0.15, 0.2) is 0 Å². The highest BCUT2D eigenvalue weighted by molar-refractivity contribution is 5.94. The average Bonchev–Trinajstić information content (AvgIpc) is 2.67. The first-order valence-electron chi connectivity index (χ1n) is 8.92. The summed E-state index contributed by atoms with van der Waals surface area (Å²) in [5, 5.41) is 3.15. The molecule has 0 unspecified atom stereocenters. The van der Waals surface area contributed by atoms with Gasteiger partial charge in [-0.3, -0.25) is 4.79 Å². The number of para-hydroxylation sites is 1. The minimum atomic E-state index is -0.0180. The molecule has 0 saturated heterocycles. The molecule has 0 aliphatic heterocycles. The molecule has 0 radical (unpaired) electrons. The van der Waals surface area contributed by atoms with Crippen molar-refractivity contribution in [1.29, 1.82) is 0 Å². The molecule has 1 aliphatic carbocycles. The second-order valence-corrected chi connectivity index (χ2v) is 6.44. The molecule has 2 aromatic rings. The summed E-state index contributed by atoms with van der Waals surface area (Å²) in [5.74, 6) is 1.50. The van der Waals surface area contributed by atoms with Crippen LogP contribution in [0.25, 0.3) is 0 Å². The van der Waals surface area contributed by atoms with Crippen LogP contribution in [0.2, 0.25) is 0 Å². The van der Waals surface area contributed by atoms with E-state index in [1.54, 1.807) is 7.11 Å². The van der Waals surface area contributed by atoms with Gasteiger partial charge >= 0.3 is 0 Å². The Morgan fingerprint density at radius 3 is 2.56 bits per heavy atom. The average molecular weight is 339 g/mol. The van der Waals surface area contributed by atoms with Gasteiger partial charge in [0.1, 0.15) is 18.1 Å². The van der Waals surface area contributed by atoms with Crippen LogP contribution in [0.3, 0.4) is 0 Å².